The summed E-state index contributed by atoms with van der Waals surface area (Å²) in [6.45, 7) is 4.73. The highest BCUT2D eigenvalue weighted by Gasteiger charge is 2.38. The van der Waals surface area contributed by atoms with Gasteiger partial charge in [-0.25, -0.2) is 9.97 Å². The third-order valence-electron chi connectivity index (χ3n) is 11.0. The van der Waals surface area contributed by atoms with Crippen molar-refractivity contribution in [1.82, 2.24) is 14.5 Å². The van der Waals surface area contributed by atoms with Crippen molar-refractivity contribution in [2.45, 2.75) is 19.3 Å². The third-order valence-corrected chi connectivity index (χ3v) is 12.1. The number of aromatic nitrogens is 3. The van der Waals surface area contributed by atoms with Crippen LogP contribution in [-0.2, 0) is 5.41 Å². The van der Waals surface area contributed by atoms with Gasteiger partial charge in [-0.2, -0.15) is 0 Å². The van der Waals surface area contributed by atoms with Crippen molar-refractivity contribution in [3.05, 3.63) is 163 Å². The Labute approximate surface area is 299 Å². The van der Waals surface area contributed by atoms with Crippen molar-refractivity contribution in [3.63, 3.8) is 0 Å². The summed E-state index contributed by atoms with van der Waals surface area (Å²) in [5.74, 6) is 0.690. The summed E-state index contributed by atoms with van der Waals surface area (Å²) in [6, 6.07) is 54.9. The molecule has 11 rings (SSSR count). The average Bonchev–Trinajstić information content (AvgIpc) is 3.80. The number of hydrogen-bond acceptors (Lipinski definition) is 3. The summed E-state index contributed by atoms with van der Waals surface area (Å²) in [7, 11) is 0. The van der Waals surface area contributed by atoms with Crippen molar-refractivity contribution in [1.29, 1.82) is 0 Å². The molecule has 3 aromatic heterocycles. The molecule has 0 radical (unpaired) electrons. The Morgan fingerprint density at radius 2 is 1.27 bits per heavy atom. The van der Waals surface area contributed by atoms with E-state index in [1.807, 2.05) is 11.3 Å². The second-order valence-corrected chi connectivity index (χ2v) is 15.2. The first-order valence-electron chi connectivity index (χ1n) is 17.5. The van der Waals surface area contributed by atoms with Crippen molar-refractivity contribution in [2.24, 2.45) is 0 Å². The molecule has 0 fully saturated rings. The van der Waals surface area contributed by atoms with Crippen LogP contribution in [0.15, 0.2) is 152 Å². The molecule has 0 amide bonds. The Kier molecular flexibility index (Phi) is 5.89. The van der Waals surface area contributed by atoms with Crippen molar-refractivity contribution in [2.75, 3.05) is 0 Å². The maximum absolute atomic E-state index is 5.61. The van der Waals surface area contributed by atoms with Crippen LogP contribution in [0.2, 0.25) is 0 Å². The number of fused-ring (bicyclic) bond motifs is 11. The number of nitrogens with zero attached hydrogens (tertiary/aromatic N) is 3. The van der Waals surface area contributed by atoms with Crippen molar-refractivity contribution >= 4 is 64.2 Å². The molecule has 51 heavy (non-hydrogen) atoms. The molecule has 0 saturated carbocycles. The second kappa shape index (κ2) is 10.5. The fourth-order valence-corrected chi connectivity index (χ4v) is 9.84. The van der Waals surface area contributed by atoms with Gasteiger partial charge in [0.25, 0.3) is 0 Å². The molecule has 0 spiro atoms. The van der Waals surface area contributed by atoms with E-state index in [1.54, 1.807) is 0 Å². The molecule has 0 N–H and O–H groups in total. The van der Waals surface area contributed by atoms with E-state index in [4.69, 9.17) is 9.97 Å². The Morgan fingerprint density at radius 3 is 2.16 bits per heavy atom. The molecule has 7 aromatic carbocycles. The summed E-state index contributed by atoms with van der Waals surface area (Å²) in [5.41, 5.74) is 12.8. The molecule has 3 heterocycles. The molecule has 1 aliphatic rings. The SMILES string of the molecule is CC1(C)c2cc(-c3ccccc3)ccc2-c2cccc(-c3nc(-n4c5ccccc5c5ccc6sc7ccccc7c6c54)nc4ccccc34)c21. The molecule has 0 unspecified atom stereocenters. The van der Waals surface area contributed by atoms with Gasteiger partial charge >= 0.3 is 0 Å². The van der Waals surface area contributed by atoms with Gasteiger partial charge < -0.3 is 0 Å². The van der Waals surface area contributed by atoms with Crippen LogP contribution in [0.1, 0.15) is 25.0 Å². The molecule has 1 aliphatic carbocycles. The largest absolute Gasteiger partial charge is 0.277 e. The van der Waals surface area contributed by atoms with Gasteiger partial charge in [-0.15, -0.1) is 11.3 Å². The number of rotatable bonds is 3. The number of benzene rings is 7. The predicted octanol–water partition coefficient (Wildman–Crippen LogP) is 12.7. The van der Waals surface area contributed by atoms with Gasteiger partial charge in [0, 0.05) is 47.3 Å². The van der Waals surface area contributed by atoms with E-state index in [-0.39, 0.29) is 5.41 Å². The molecule has 3 nitrogen and oxygen atoms in total. The van der Waals surface area contributed by atoms with Gasteiger partial charge in [-0.3, -0.25) is 4.57 Å². The number of hydrogen-bond donors (Lipinski definition) is 0. The zero-order chi connectivity index (χ0) is 33.8. The Balaban J connectivity index is 1.21. The van der Waals surface area contributed by atoms with Crippen molar-refractivity contribution in [3.8, 4) is 39.5 Å². The van der Waals surface area contributed by atoms with Crippen LogP contribution in [0.5, 0.6) is 0 Å². The van der Waals surface area contributed by atoms with Crippen LogP contribution < -0.4 is 0 Å². The summed E-state index contributed by atoms with van der Waals surface area (Å²) < 4.78 is 4.87. The minimum Gasteiger partial charge on any atom is -0.277 e. The smallest absolute Gasteiger partial charge is 0.235 e. The standard InChI is InChI=1S/C47H31N3S/c1-47(2)37-27-29(28-13-4-3-5-14-28)23-24-30(37)32-18-12-19-36(43(32)47)44-34-16-6-9-20-38(34)48-46(49-44)50-39-21-10-7-15-31(39)33-25-26-41-42(45(33)50)35-17-8-11-22-40(35)51-41/h3-27H,1-2H3. The summed E-state index contributed by atoms with van der Waals surface area (Å²) in [6.07, 6.45) is 0. The summed E-state index contributed by atoms with van der Waals surface area (Å²) >= 11 is 1.85. The molecular formula is C47H31N3S. The van der Waals surface area contributed by atoms with Crippen LogP contribution in [0, 0.1) is 0 Å². The minimum atomic E-state index is -0.243. The van der Waals surface area contributed by atoms with E-state index < -0.39 is 0 Å². The molecule has 0 atom stereocenters. The van der Waals surface area contributed by atoms with E-state index >= 15 is 0 Å². The van der Waals surface area contributed by atoms with Gasteiger partial charge in [0.1, 0.15) is 0 Å². The molecule has 240 valence electrons. The lowest BCUT2D eigenvalue weighted by atomic mass is 9.78. The molecular weight excluding hydrogens is 639 g/mol. The lowest BCUT2D eigenvalue weighted by molar-refractivity contribution is 0.662. The molecule has 0 aliphatic heterocycles. The zero-order valence-electron chi connectivity index (χ0n) is 28.2. The topological polar surface area (TPSA) is 30.7 Å². The first-order valence-corrected chi connectivity index (χ1v) is 18.3. The lowest BCUT2D eigenvalue weighted by Crippen LogP contribution is -2.17. The maximum atomic E-state index is 5.61. The Hall–Kier alpha value is -6.10. The number of para-hydroxylation sites is 2. The van der Waals surface area contributed by atoms with Gasteiger partial charge in [0.15, 0.2) is 0 Å². The van der Waals surface area contributed by atoms with E-state index in [9.17, 15) is 0 Å². The minimum absolute atomic E-state index is 0.243. The monoisotopic (exact) mass is 669 g/mol. The van der Waals surface area contributed by atoms with Gasteiger partial charge in [0.05, 0.1) is 22.2 Å². The quantitative estimate of drug-likeness (QED) is 0.187. The van der Waals surface area contributed by atoms with E-state index in [0.717, 1.165) is 33.2 Å². The van der Waals surface area contributed by atoms with Gasteiger partial charge in [0.2, 0.25) is 5.95 Å². The second-order valence-electron chi connectivity index (χ2n) is 14.2. The van der Waals surface area contributed by atoms with Crippen LogP contribution in [0.4, 0.5) is 0 Å². The highest BCUT2D eigenvalue weighted by molar-refractivity contribution is 7.26. The van der Waals surface area contributed by atoms with E-state index in [2.05, 4.69) is 170 Å². The molecule has 0 bridgehead atoms. The van der Waals surface area contributed by atoms with Gasteiger partial charge in [-0.1, -0.05) is 135 Å². The molecule has 10 aromatic rings. The molecule has 0 saturated heterocycles. The van der Waals surface area contributed by atoms with Crippen LogP contribution in [0.3, 0.4) is 0 Å². The first kappa shape index (κ1) is 28.7. The van der Waals surface area contributed by atoms with Crippen molar-refractivity contribution < 1.29 is 0 Å². The average molecular weight is 670 g/mol. The fraction of sp³-hybridized carbons (Fsp3) is 0.0638. The lowest BCUT2D eigenvalue weighted by Gasteiger charge is -2.25. The predicted molar refractivity (Wildman–Crippen MR) is 215 cm³/mol. The number of thiophene rings is 1. The zero-order valence-corrected chi connectivity index (χ0v) is 29.0. The fourth-order valence-electron chi connectivity index (χ4n) is 8.73. The van der Waals surface area contributed by atoms with E-state index in [0.29, 0.717) is 5.95 Å². The highest BCUT2D eigenvalue weighted by atomic mass is 32.1. The van der Waals surface area contributed by atoms with E-state index in [1.165, 1.54) is 64.3 Å². The van der Waals surface area contributed by atoms with Crippen LogP contribution in [-0.4, -0.2) is 14.5 Å². The molecule has 4 heteroatoms. The maximum Gasteiger partial charge on any atom is 0.235 e. The Bertz CT molecular complexity index is 3060. The van der Waals surface area contributed by atoms with Crippen LogP contribution in [0.25, 0.3) is 92.3 Å². The van der Waals surface area contributed by atoms with Crippen LogP contribution >= 0.6 is 11.3 Å². The first-order chi connectivity index (χ1) is 25.1. The highest BCUT2D eigenvalue weighted by Crippen LogP contribution is 2.53. The summed E-state index contributed by atoms with van der Waals surface area (Å²) in [5, 5.41) is 6.00. The Morgan fingerprint density at radius 1 is 0.529 bits per heavy atom. The van der Waals surface area contributed by atoms with Gasteiger partial charge in [-0.05, 0) is 63.7 Å². The summed E-state index contributed by atoms with van der Waals surface area (Å²) in [4.78, 5) is 11.0. The normalized spacial score (nSPS) is 13.5. The third kappa shape index (κ3) is 3.99.